The Bertz CT molecular complexity index is 330. The lowest BCUT2D eigenvalue weighted by Crippen LogP contribution is -2.28. The van der Waals surface area contributed by atoms with Crippen molar-refractivity contribution in [1.82, 2.24) is 15.3 Å². The Hall–Kier alpha value is -1.16. The molecule has 1 aromatic heterocycles. The fourth-order valence-corrected chi connectivity index (χ4v) is 2.38. The van der Waals surface area contributed by atoms with Crippen LogP contribution in [0.5, 0.6) is 0 Å². The fraction of sp³-hybridized carbons (Fsp3) is 0.692. The first-order chi connectivity index (χ1) is 8.31. The van der Waals surface area contributed by atoms with Crippen molar-refractivity contribution in [2.24, 2.45) is 0 Å². The van der Waals surface area contributed by atoms with Crippen LogP contribution in [-0.4, -0.2) is 37.2 Å². The molecule has 1 aromatic rings. The molecule has 0 aliphatic heterocycles. The number of rotatable bonds is 5. The minimum atomic E-state index is 0.701. The lowest BCUT2D eigenvalue weighted by molar-refractivity contribution is 0.708. The maximum atomic E-state index is 4.46. The molecular weight excluding hydrogens is 212 g/mol. The Balaban J connectivity index is 1.96. The highest BCUT2D eigenvalue weighted by Crippen LogP contribution is 2.33. The van der Waals surface area contributed by atoms with Gasteiger partial charge >= 0.3 is 0 Å². The second-order valence-corrected chi connectivity index (χ2v) is 4.82. The monoisotopic (exact) mass is 234 g/mol. The number of hydrogen-bond donors (Lipinski definition) is 1. The number of anilines is 1. The Morgan fingerprint density at radius 1 is 1.29 bits per heavy atom. The van der Waals surface area contributed by atoms with Gasteiger partial charge in [-0.3, -0.25) is 0 Å². The second-order valence-electron chi connectivity index (χ2n) is 4.82. The molecule has 0 unspecified atom stereocenters. The van der Waals surface area contributed by atoms with E-state index in [2.05, 4.69) is 20.2 Å². The first-order valence-corrected chi connectivity index (χ1v) is 6.49. The zero-order chi connectivity index (χ0) is 12.1. The van der Waals surface area contributed by atoms with Gasteiger partial charge in [-0.25, -0.2) is 9.97 Å². The van der Waals surface area contributed by atoms with Gasteiger partial charge in [-0.15, -0.1) is 0 Å². The van der Waals surface area contributed by atoms with Crippen molar-refractivity contribution in [3.8, 4) is 0 Å². The van der Waals surface area contributed by atoms with Crippen LogP contribution in [0, 0.1) is 0 Å². The maximum Gasteiger partial charge on any atom is 0.225 e. The average Bonchev–Trinajstić information content (AvgIpc) is 2.90. The smallest absolute Gasteiger partial charge is 0.225 e. The largest absolute Gasteiger partial charge is 0.343 e. The zero-order valence-corrected chi connectivity index (χ0v) is 10.8. The first kappa shape index (κ1) is 12.3. The van der Waals surface area contributed by atoms with Gasteiger partial charge in [-0.1, -0.05) is 12.8 Å². The molecule has 0 atom stereocenters. The van der Waals surface area contributed by atoms with E-state index in [1.165, 1.54) is 31.2 Å². The van der Waals surface area contributed by atoms with Crippen LogP contribution in [0.15, 0.2) is 12.4 Å². The number of nitrogens with zero attached hydrogens (tertiary/aromatic N) is 3. The molecule has 0 bridgehead atoms. The van der Waals surface area contributed by atoms with Crippen molar-refractivity contribution in [3.63, 3.8) is 0 Å². The molecule has 4 heteroatoms. The van der Waals surface area contributed by atoms with E-state index in [9.17, 15) is 0 Å². The van der Waals surface area contributed by atoms with Gasteiger partial charge < -0.3 is 10.2 Å². The van der Waals surface area contributed by atoms with Crippen molar-refractivity contribution < 1.29 is 0 Å². The number of aromatic nitrogens is 2. The molecule has 1 fully saturated rings. The number of hydrogen-bond acceptors (Lipinski definition) is 4. The van der Waals surface area contributed by atoms with Crippen LogP contribution in [0.2, 0.25) is 0 Å². The van der Waals surface area contributed by atoms with Gasteiger partial charge in [0.15, 0.2) is 0 Å². The first-order valence-electron chi connectivity index (χ1n) is 6.49. The molecule has 1 aliphatic carbocycles. The lowest BCUT2D eigenvalue weighted by Gasteiger charge is -2.17. The van der Waals surface area contributed by atoms with Crippen molar-refractivity contribution >= 4 is 5.95 Å². The molecule has 0 amide bonds. The summed E-state index contributed by atoms with van der Waals surface area (Å²) in [5.41, 5.74) is 1.31. The highest BCUT2D eigenvalue weighted by atomic mass is 15.2. The molecule has 1 heterocycles. The van der Waals surface area contributed by atoms with Crippen molar-refractivity contribution in [2.45, 2.75) is 31.6 Å². The molecule has 1 saturated carbocycles. The third-order valence-electron chi connectivity index (χ3n) is 3.52. The van der Waals surface area contributed by atoms with Gasteiger partial charge in [0.2, 0.25) is 5.95 Å². The van der Waals surface area contributed by atoms with E-state index in [1.54, 1.807) is 0 Å². The Morgan fingerprint density at radius 2 is 1.94 bits per heavy atom. The quantitative estimate of drug-likeness (QED) is 0.843. The molecule has 4 nitrogen and oxygen atoms in total. The molecule has 94 valence electrons. The third-order valence-corrected chi connectivity index (χ3v) is 3.52. The van der Waals surface area contributed by atoms with Crippen LogP contribution in [0.3, 0.4) is 0 Å². The van der Waals surface area contributed by atoms with Crippen molar-refractivity contribution in [3.05, 3.63) is 18.0 Å². The average molecular weight is 234 g/mol. The maximum absolute atomic E-state index is 4.46. The molecule has 0 saturated heterocycles. The summed E-state index contributed by atoms with van der Waals surface area (Å²) < 4.78 is 0. The molecule has 17 heavy (non-hydrogen) atoms. The van der Waals surface area contributed by atoms with Crippen LogP contribution in [0.1, 0.15) is 37.2 Å². The number of nitrogens with one attached hydrogen (secondary N) is 1. The van der Waals surface area contributed by atoms with E-state index in [1.807, 2.05) is 26.5 Å². The molecule has 0 aromatic carbocycles. The molecular formula is C13H22N4. The van der Waals surface area contributed by atoms with Crippen molar-refractivity contribution in [2.75, 3.05) is 32.1 Å². The highest BCUT2D eigenvalue weighted by Gasteiger charge is 2.17. The normalized spacial score (nSPS) is 16.4. The molecule has 0 radical (unpaired) electrons. The lowest BCUT2D eigenvalue weighted by atomic mass is 10.0. The summed E-state index contributed by atoms with van der Waals surface area (Å²) in [6.07, 6.45) is 9.34. The van der Waals surface area contributed by atoms with Gasteiger partial charge in [0, 0.05) is 32.5 Å². The Labute approximate surface area is 103 Å². The predicted octanol–water partition coefficient (Wildman–Crippen LogP) is 1.79. The van der Waals surface area contributed by atoms with E-state index >= 15 is 0 Å². The van der Waals surface area contributed by atoms with Crippen LogP contribution < -0.4 is 10.2 Å². The summed E-state index contributed by atoms with van der Waals surface area (Å²) in [5, 5.41) is 3.13. The molecule has 2 rings (SSSR count). The summed E-state index contributed by atoms with van der Waals surface area (Å²) in [6, 6.07) is 0. The Kier molecular flexibility index (Phi) is 4.31. The van der Waals surface area contributed by atoms with E-state index in [4.69, 9.17) is 0 Å². The fourth-order valence-electron chi connectivity index (χ4n) is 2.38. The van der Waals surface area contributed by atoms with E-state index in [-0.39, 0.29) is 0 Å². The SMILES string of the molecule is CNCCN(C)c1ncc(C2CCCC2)cn1. The standard InChI is InChI=1S/C13H22N4/c1-14-7-8-17(2)13-15-9-12(10-16-13)11-5-3-4-6-11/h9-11,14H,3-8H2,1-2H3. The second kappa shape index (κ2) is 5.96. The molecule has 0 spiro atoms. The minimum absolute atomic E-state index is 0.701. The van der Waals surface area contributed by atoms with Crippen LogP contribution in [0.25, 0.3) is 0 Å². The minimum Gasteiger partial charge on any atom is -0.343 e. The summed E-state index contributed by atoms with van der Waals surface area (Å²) in [6.45, 7) is 1.88. The third kappa shape index (κ3) is 3.16. The van der Waals surface area contributed by atoms with Gasteiger partial charge in [0.1, 0.15) is 0 Å². The van der Waals surface area contributed by atoms with E-state index in [0.717, 1.165) is 19.0 Å². The highest BCUT2D eigenvalue weighted by molar-refractivity contribution is 5.29. The number of likely N-dealkylation sites (N-methyl/N-ethyl adjacent to an activating group) is 2. The van der Waals surface area contributed by atoms with E-state index < -0.39 is 0 Å². The predicted molar refractivity (Wildman–Crippen MR) is 70.4 cm³/mol. The van der Waals surface area contributed by atoms with Gasteiger partial charge in [0.05, 0.1) is 0 Å². The van der Waals surface area contributed by atoms with Crippen LogP contribution in [-0.2, 0) is 0 Å². The summed E-state index contributed by atoms with van der Waals surface area (Å²) in [7, 11) is 3.99. The van der Waals surface area contributed by atoms with Gasteiger partial charge in [0.25, 0.3) is 0 Å². The van der Waals surface area contributed by atoms with Gasteiger partial charge in [-0.05, 0) is 31.4 Å². The van der Waals surface area contributed by atoms with Crippen molar-refractivity contribution in [1.29, 1.82) is 0 Å². The zero-order valence-electron chi connectivity index (χ0n) is 10.8. The summed E-state index contributed by atoms with van der Waals surface area (Å²) in [4.78, 5) is 11.0. The van der Waals surface area contributed by atoms with Crippen LogP contribution in [0.4, 0.5) is 5.95 Å². The van der Waals surface area contributed by atoms with Crippen LogP contribution >= 0.6 is 0 Å². The Morgan fingerprint density at radius 3 is 2.53 bits per heavy atom. The molecule has 1 N–H and O–H groups in total. The van der Waals surface area contributed by atoms with Gasteiger partial charge in [-0.2, -0.15) is 0 Å². The topological polar surface area (TPSA) is 41.0 Å². The summed E-state index contributed by atoms with van der Waals surface area (Å²) >= 11 is 0. The van der Waals surface area contributed by atoms with E-state index in [0.29, 0.717) is 5.92 Å². The molecule has 1 aliphatic rings. The summed E-state index contributed by atoms with van der Waals surface area (Å²) in [5.74, 6) is 1.52.